The van der Waals surface area contributed by atoms with Crippen molar-refractivity contribution in [1.29, 1.82) is 0 Å². The minimum atomic E-state index is -0.399. The average Bonchev–Trinajstić information content (AvgIpc) is 3.16. The first-order valence-corrected chi connectivity index (χ1v) is 8.34. The van der Waals surface area contributed by atoms with E-state index in [0.717, 1.165) is 31.2 Å². The second-order valence-corrected chi connectivity index (χ2v) is 6.21. The highest BCUT2D eigenvalue weighted by Crippen LogP contribution is 2.28. The Morgan fingerprint density at radius 3 is 2.62 bits per heavy atom. The van der Waals surface area contributed by atoms with Gasteiger partial charge in [-0.15, -0.1) is 0 Å². The molecule has 1 saturated carbocycles. The van der Waals surface area contributed by atoms with Gasteiger partial charge in [0.1, 0.15) is 5.78 Å². The van der Waals surface area contributed by atoms with Crippen LogP contribution in [0.2, 0.25) is 0 Å². The molecule has 2 aromatic rings. The third-order valence-corrected chi connectivity index (χ3v) is 4.62. The van der Waals surface area contributed by atoms with Crippen molar-refractivity contribution >= 4 is 11.8 Å². The van der Waals surface area contributed by atoms with E-state index in [9.17, 15) is 9.59 Å². The Labute approximate surface area is 141 Å². The maximum Gasteiger partial charge on any atom is 0.338 e. The number of ketones is 1. The van der Waals surface area contributed by atoms with Crippen LogP contribution in [0.5, 0.6) is 0 Å². The van der Waals surface area contributed by atoms with Gasteiger partial charge in [0.15, 0.2) is 0 Å². The predicted octanol–water partition coefficient (Wildman–Crippen LogP) is 3.84. The molecule has 0 saturated heterocycles. The number of methoxy groups -OCH3 is 1. The van der Waals surface area contributed by atoms with Crippen molar-refractivity contribution in [2.45, 2.75) is 32.1 Å². The standard InChI is InChI=1S/C20H21NO3/c1-24-20(23)16-10-9-14(13-19(22)15-6-2-3-7-15)12-17(16)18-8-4-5-11-21-18/h4-5,8-12,15H,2-3,6-7,13H2,1H3. The third kappa shape index (κ3) is 3.53. The number of aromatic nitrogens is 1. The summed E-state index contributed by atoms with van der Waals surface area (Å²) in [6, 6.07) is 11.0. The number of esters is 1. The fourth-order valence-corrected chi connectivity index (χ4v) is 3.32. The second kappa shape index (κ2) is 7.39. The van der Waals surface area contributed by atoms with Gasteiger partial charge in [-0.05, 0) is 42.7 Å². The number of ether oxygens (including phenoxy) is 1. The molecule has 124 valence electrons. The summed E-state index contributed by atoms with van der Waals surface area (Å²) in [5.74, 6) is 0.0956. The molecule has 4 heteroatoms. The molecule has 0 bridgehead atoms. The van der Waals surface area contributed by atoms with E-state index in [1.807, 2.05) is 30.3 Å². The van der Waals surface area contributed by atoms with Crippen LogP contribution in [-0.2, 0) is 16.0 Å². The minimum absolute atomic E-state index is 0.198. The number of benzene rings is 1. The fraction of sp³-hybridized carbons (Fsp3) is 0.350. The molecule has 0 unspecified atom stereocenters. The maximum atomic E-state index is 12.4. The van der Waals surface area contributed by atoms with Crippen LogP contribution in [0.15, 0.2) is 42.6 Å². The summed E-state index contributed by atoms with van der Waals surface area (Å²) in [6.45, 7) is 0. The molecule has 0 N–H and O–H groups in total. The normalized spacial score (nSPS) is 14.5. The van der Waals surface area contributed by atoms with Crippen LogP contribution in [0.25, 0.3) is 11.3 Å². The number of rotatable bonds is 5. The van der Waals surface area contributed by atoms with Gasteiger partial charge in [0.25, 0.3) is 0 Å². The van der Waals surface area contributed by atoms with Crippen LogP contribution in [0, 0.1) is 5.92 Å². The second-order valence-electron chi connectivity index (χ2n) is 6.21. The molecule has 0 aliphatic heterocycles. The molecule has 1 aliphatic rings. The summed E-state index contributed by atoms with van der Waals surface area (Å²) in [4.78, 5) is 28.8. The van der Waals surface area contributed by atoms with Gasteiger partial charge < -0.3 is 4.74 Å². The monoisotopic (exact) mass is 323 g/mol. The Bertz CT molecular complexity index is 734. The Kier molecular flexibility index (Phi) is 5.04. The molecule has 1 heterocycles. The molecular weight excluding hydrogens is 302 g/mol. The maximum absolute atomic E-state index is 12.4. The highest BCUT2D eigenvalue weighted by atomic mass is 16.5. The van der Waals surface area contributed by atoms with Gasteiger partial charge in [0.2, 0.25) is 0 Å². The lowest BCUT2D eigenvalue weighted by molar-refractivity contribution is -0.122. The summed E-state index contributed by atoms with van der Waals surface area (Å²) in [5.41, 5.74) is 2.79. The van der Waals surface area contributed by atoms with Gasteiger partial charge in [-0.1, -0.05) is 25.0 Å². The first kappa shape index (κ1) is 16.4. The molecular formula is C20H21NO3. The number of carbonyl (C=O) groups is 2. The zero-order chi connectivity index (χ0) is 16.9. The van der Waals surface area contributed by atoms with Gasteiger partial charge in [-0.3, -0.25) is 9.78 Å². The highest BCUT2D eigenvalue weighted by molar-refractivity contribution is 5.97. The van der Waals surface area contributed by atoms with Gasteiger partial charge in [0.05, 0.1) is 18.4 Å². The van der Waals surface area contributed by atoms with Crippen LogP contribution in [0.1, 0.15) is 41.6 Å². The first-order chi connectivity index (χ1) is 11.7. The van der Waals surface area contributed by atoms with E-state index in [2.05, 4.69) is 4.98 Å². The van der Waals surface area contributed by atoms with Crippen molar-refractivity contribution in [2.75, 3.05) is 7.11 Å². The molecule has 1 fully saturated rings. The van der Waals surface area contributed by atoms with Crippen molar-refractivity contribution in [2.24, 2.45) is 5.92 Å². The van der Waals surface area contributed by atoms with Crippen molar-refractivity contribution in [1.82, 2.24) is 4.98 Å². The van der Waals surface area contributed by atoms with E-state index in [1.165, 1.54) is 7.11 Å². The summed E-state index contributed by atoms with van der Waals surface area (Å²) in [6.07, 6.45) is 6.41. The molecule has 0 amide bonds. The van der Waals surface area contributed by atoms with Crippen LogP contribution >= 0.6 is 0 Å². The Morgan fingerprint density at radius 1 is 1.17 bits per heavy atom. The molecule has 4 nitrogen and oxygen atoms in total. The molecule has 1 aliphatic carbocycles. The molecule has 1 aromatic heterocycles. The molecule has 3 rings (SSSR count). The zero-order valence-corrected chi connectivity index (χ0v) is 13.8. The lowest BCUT2D eigenvalue weighted by atomic mass is 9.93. The van der Waals surface area contributed by atoms with Crippen LogP contribution < -0.4 is 0 Å². The quantitative estimate of drug-likeness (QED) is 0.785. The first-order valence-electron chi connectivity index (χ1n) is 8.34. The van der Waals surface area contributed by atoms with Gasteiger partial charge in [-0.25, -0.2) is 4.79 Å². The smallest absolute Gasteiger partial charge is 0.338 e. The number of carbonyl (C=O) groups excluding carboxylic acids is 2. The number of Topliss-reactive ketones (excluding diaryl/α,β-unsaturated/α-hetero) is 1. The fourth-order valence-electron chi connectivity index (χ4n) is 3.32. The van der Waals surface area contributed by atoms with Crippen molar-refractivity contribution in [3.63, 3.8) is 0 Å². The summed E-state index contributed by atoms with van der Waals surface area (Å²) in [7, 11) is 1.36. The van der Waals surface area contributed by atoms with Gasteiger partial charge in [0, 0.05) is 24.1 Å². The van der Waals surface area contributed by atoms with E-state index in [-0.39, 0.29) is 5.92 Å². The largest absolute Gasteiger partial charge is 0.465 e. The van der Waals surface area contributed by atoms with Crippen LogP contribution in [0.4, 0.5) is 0 Å². The Morgan fingerprint density at radius 2 is 1.96 bits per heavy atom. The average molecular weight is 323 g/mol. The Balaban J connectivity index is 1.92. The molecule has 0 spiro atoms. The lowest BCUT2D eigenvalue weighted by Crippen LogP contribution is -2.14. The van der Waals surface area contributed by atoms with Crippen LogP contribution in [0.3, 0.4) is 0 Å². The van der Waals surface area contributed by atoms with Crippen molar-refractivity contribution in [3.8, 4) is 11.3 Å². The molecule has 24 heavy (non-hydrogen) atoms. The molecule has 0 atom stereocenters. The lowest BCUT2D eigenvalue weighted by Gasteiger charge is -2.12. The molecule has 1 aromatic carbocycles. The van der Waals surface area contributed by atoms with E-state index in [1.54, 1.807) is 12.3 Å². The Hall–Kier alpha value is -2.49. The minimum Gasteiger partial charge on any atom is -0.465 e. The SMILES string of the molecule is COC(=O)c1ccc(CC(=O)C2CCCC2)cc1-c1ccccn1. The molecule has 0 radical (unpaired) electrons. The summed E-state index contributed by atoms with van der Waals surface area (Å²) >= 11 is 0. The van der Waals surface area contributed by atoms with E-state index in [0.29, 0.717) is 29.0 Å². The topological polar surface area (TPSA) is 56.3 Å². The van der Waals surface area contributed by atoms with Crippen LogP contribution in [-0.4, -0.2) is 23.8 Å². The number of hydrogen-bond acceptors (Lipinski definition) is 4. The predicted molar refractivity (Wildman–Crippen MR) is 91.7 cm³/mol. The van der Waals surface area contributed by atoms with E-state index >= 15 is 0 Å². The van der Waals surface area contributed by atoms with E-state index < -0.39 is 5.97 Å². The number of hydrogen-bond donors (Lipinski definition) is 0. The summed E-state index contributed by atoms with van der Waals surface area (Å²) in [5, 5.41) is 0. The van der Waals surface area contributed by atoms with Gasteiger partial charge >= 0.3 is 5.97 Å². The van der Waals surface area contributed by atoms with Gasteiger partial charge in [-0.2, -0.15) is 0 Å². The highest BCUT2D eigenvalue weighted by Gasteiger charge is 2.23. The number of nitrogens with zero attached hydrogens (tertiary/aromatic N) is 1. The van der Waals surface area contributed by atoms with Crippen molar-refractivity contribution in [3.05, 3.63) is 53.7 Å². The third-order valence-electron chi connectivity index (χ3n) is 4.62. The summed E-state index contributed by atoms with van der Waals surface area (Å²) < 4.78 is 4.87. The number of pyridine rings is 1. The zero-order valence-electron chi connectivity index (χ0n) is 13.8. The van der Waals surface area contributed by atoms with E-state index in [4.69, 9.17) is 4.74 Å². The van der Waals surface area contributed by atoms with Crippen molar-refractivity contribution < 1.29 is 14.3 Å².